The molecule has 1 saturated heterocycles. The third-order valence-electron chi connectivity index (χ3n) is 4.39. The van der Waals surface area contributed by atoms with Crippen molar-refractivity contribution < 1.29 is 19.4 Å². The number of thioether (sulfide) groups is 1. The van der Waals surface area contributed by atoms with Crippen molar-refractivity contribution in [3.8, 4) is 11.5 Å². The predicted molar refractivity (Wildman–Crippen MR) is 125 cm³/mol. The molecule has 0 aliphatic carbocycles. The zero-order valence-electron chi connectivity index (χ0n) is 16.9. The fourth-order valence-corrected chi connectivity index (χ4v) is 4.57. The van der Waals surface area contributed by atoms with Crippen molar-refractivity contribution in [1.29, 1.82) is 0 Å². The second kappa shape index (κ2) is 10.3. The van der Waals surface area contributed by atoms with Crippen molar-refractivity contribution in [2.45, 2.75) is 25.5 Å². The van der Waals surface area contributed by atoms with Gasteiger partial charge in [-0.2, -0.15) is 0 Å². The first-order chi connectivity index (χ1) is 14.8. The number of ether oxygens (including phenoxy) is 1. The van der Waals surface area contributed by atoms with Crippen molar-refractivity contribution in [2.75, 3.05) is 18.5 Å². The van der Waals surface area contributed by atoms with Gasteiger partial charge in [-0.15, -0.1) is 0 Å². The molecule has 1 aliphatic rings. The van der Waals surface area contributed by atoms with E-state index in [1.807, 2.05) is 13.8 Å². The molecule has 2 aromatic carbocycles. The molecule has 0 unspecified atom stereocenters. The minimum absolute atomic E-state index is 0.0468. The fraction of sp³-hybridized carbons (Fsp3) is 0.286. The Labute approximate surface area is 194 Å². The first-order valence-electron chi connectivity index (χ1n) is 9.59. The molecule has 1 atom stereocenters. The zero-order chi connectivity index (χ0) is 22.5. The van der Waals surface area contributed by atoms with Crippen LogP contribution in [0.25, 0.3) is 0 Å². The van der Waals surface area contributed by atoms with Crippen molar-refractivity contribution in [2.24, 2.45) is 4.99 Å². The van der Waals surface area contributed by atoms with Crippen LogP contribution in [0.15, 0.2) is 41.4 Å². The number of phenolic OH excluding ortho intramolecular Hbond substituents is 1. The van der Waals surface area contributed by atoms with E-state index in [0.29, 0.717) is 35.4 Å². The molecule has 7 nitrogen and oxygen atoms in total. The Hall–Kier alpha value is -2.42. The van der Waals surface area contributed by atoms with Crippen LogP contribution < -0.4 is 10.1 Å². The summed E-state index contributed by atoms with van der Waals surface area (Å²) in [4.78, 5) is 31.5. The molecule has 2 N–H and O–H groups in total. The number of halogens is 2. The van der Waals surface area contributed by atoms with Gasteiger partial charge in [-0.3, -0.25) is 14.5 Å². The molecule has 0 aromatic heterocycles. The van der Waals surface area contributed by atoms with Gasteiger partial charge in [0.05, 0.1) is 22.3 Å². The molecule has 31 heavy (non-hydrogen) atoms. The Morgan fingerprint density at radius 3 is 2.65 bits per heavy atom. The Bertz CT molecular complexity index is 1010. The lowest BCUT2D eigenvalue weighted by atomic mass is 10.2. The molecule has 0 bridgehead atoms. The Kier molecular flexibility index (Phi) is 7.69. The van der Waals surface area contributed by atoms with Crippen LogP contribution in [0.1, 0.15) is 20.3 Å². The highest BCUT2D eigenvalue weighted by atomic mass is 35.5. The number of aliphatic imine (C=N–C) groups is 1. The molecule has 164 valence electrons. The molecule has 1 heterocycles. The number of aromatic hydroxyl groups is 1. The van der Waals surface area contributed by atoms with Crippen molar-refractivity contribution in [3.05, 3.63) is 46.4 Å². The van der Waals surface area contributed by atoms with E-state index in [1.54, 1.807) is 24.3 Å². The lowest BCUT2D eigenvalue weighted by molar-refractivity contribution is -0.129. The van der Waals surface area contributed by atoms with Gasteiger partial charge in [0.15, 0.2) is 10.9 Å². The van der Waals surface area contributed by atoms with Crippen LogP contribution in [0.4, 0.5) is 11.4 Å². The SMILES string of the molecule is CCOc1cccc(NC(=O)[C@H]2CC(=O)N(CC)C(=Nc3cc(Cl)c(O)c(Cl)c3)S2)c1. The van der Waals surface area contributed by atoms with E-state index in [9.17, 15) is 14.7 Å². The van der Waals surface area contributed by atoms with E-state index >= 15 is 0 Å². The summed E-state index contributed by atoms with van der Waals surface area (Å²) in [6.45, 7) is 4.62. The standard InChI is InChI=1S/C21H21Cl2N3O4S/c1-3-26-18(27)11-17(20(29)24-12-6-5-7-14(8-12)30-4-2)31-21(26)25-13-9-15(22)19(28)16(23)10-13/h5-10,17,28H,3-4,11H2,1-2H3,(H,24,29)/t17-/m1/s1. The van der Waals surface area contributed by atoms with Crippen molar-refractivity contribution in [3.63, 3.8) is 0 Å². The summed E-state index contributed by atoms with van der Waals surface area (Å²) in [6, 6.07) is 9.95. The van der Waals surface area contributed by atoms with Gasteiger partial charge < -0.3 is 15.2 Å². The Balaban J connectivity index is 1.83. The monoisotopic (exact) mass is 481 g/mol. The summed E-state index contributed by atoms with van der Waals surface area (Å²) in [6.07, 6.45) is 0.0472. The maximum Gasteiger partial charge on any atom is 0.238 e. The maximum absolute atomic E-state index is 12.9. The minimum atomic E-state index is -0.659. The van der Waals surface area contributed by atoms with E-state index < -0.39 is 5.25 Å². The summed E-state index contributed by atoms with van der Waals surface area (Å²) in [5, 5.41) is 12.4. The summed E-state index contributed by atoms with van der Waals surface area (Å²) in [5.41, 5.74) is 0.949. The van der Waals surface area contributed by atoms with Gasteiger partial charge in [0.2, 0.25) is 11.8 Å². The molecule has 0 radical (unpaired) electrons. The second-order valence-corrected chi connectivity index (χ2v) is 8.54. The van der Waals surface area contributed by atoms with Gasteiger partial charge in [-0.05, 0) is 38.1 Å². The van der Waals surface area contributed by atoms with Gasteiger partial charge in [0.1, 0.15) is 11.0 Å². The fourth-order valence-electron chi connectivity index (χ4n) is 2.93. The van der Waals surface area contributed by atoms with Crippen LogP contribution in [0, 0.1) is 0 Å². The number of anilines is 1. The first kappa shape index (κ1) is 23.2. The molecular formula is C21H21Cl2N3O4S. The van der Waals surface area contributed by atoms with Crippen molar-refractivity contribution in [1.82, 2.24) is 4.90 Å². The highest BCUT2D eigenvalue weighted by Gasteiger charge is 2.35. The quantitative estimate of drug-likeness (QED) is 0.600. The number of carbonyl (C=O) groups excluding carboxylic acids is 2. The van der Waals surface area contributed by atoms with Gasteiger partial charge in [0, 0.05) is 24.7 Å². The molecular weight excluding hydrogens is 461 g/mol. The summed E-state index contributed by atoms with van der Waals surface area (Å²) in [5.74, 6) is -0.108. The average molecular weight is 482 g/mol. The highest BCUT2D eigenvalue weighted by molar-refractivity contribution is 8.15. The van der Waals surface area contributed by atoms with Gasteiger partial charge in [0.25, 0.3) is 0 Å². The number of rotatable bonds is 6. The minimum Gasteiger partial charge on any atom is -0.505 e. The second-order valence-electron chi connectivity index (χ2n) is 6.55. The van der Waals surface area contributed by atoms with E-state index in [0.717, 1.165) is 0 Å². The number of amidine groups is 1. The van der Waals surface area contributed by atoms with Crippen LogP contribution in [0.3, 0.4) is 0 Å². The summed E-state index contributed by atoms with van der Waals surface area (Å²) < 4.78 is 5.45. The predicted octanol–water partition coefficient (Wildman–Crippen LogP) is 5.08. The van der Waals surface area contributed by atoms with Crippen LogP contribution in [-0.2, 0) is 9.59 Å². The smallest absolute Gasteiger partial charge is 0.238 e. The molecule has 1 aliphatic heterocycles. The average Bonchev–Trinajstić information content (AvgIpc) is 2.72. The number of benzene rings is 2. The number of carbonyl (C=O) groups is 2. The molecule has 3 rings (SSSR count). The van der Waals surface area contributed by atoms with E-state index in [4.69, 9.17) is 27.9 Å². The maximum atomic E-state index is 12.9. The Morgan fingerprint density at radius 2 is 2.00 bits per heavy atom. The van der Waals surface area contributed by atoms with E-state index in [2.05, 4.69) is 10.3 Å². The molecule has 2 aromatic rings. The lowest BCUT2D eigenvalue weighted by Crippen LogP contribution is -2.45. The van der Waals surface area contributed by atoms with Gasteiger partial charge in [-0.1, -0.05) is 41.0 Å². The first-order valence-corrected chi connectivity index (χ1v) is 11.2. The van der Waals surface area contributed by atoms with E-state index in [1.165, 1.54) is 28.8 Å². The molecule has 2 amide bonds. The molecule has 0 spiro atoms. The third-order valence-corrected chi connectivity index (χ3v) is 6.15. The largest absolute Gasteiger partial charge is 0.505 e. The summed E-state index contributed by atoms with van der Waals surface area (Å²) in [7, 11) is 0. The van der Waals surface area contributed by atoms with Crippen LogP contribution in [-0.4, -0.2) is 45.4 Å². The van der Waals surface area contributed by atoms with Crippen LogP contribution in [0.2, 0.25) is 10.0 Å². The Morgan fingerprint density at radius 1 is 1.29 bits per heavy atom. The number of hydrogen-bond donors (Lipinski definition) is 2. The third kappa shape index (κ3) is 5.64. The number of nitrogens with one attached hydrogen (secondary N) is 1. The molecule has 10 heteroatoms. The number of nitrogens with zero attached hydrogens (tertiary/aromatic N) is 2. The zero-order valence-corrected chi connectivity index (χ0v) is 19.2. The number of amides is 2. The highest BCUT2D eigenvalue weighted by Crippen LogP contribution is 2.37. The van der Waals surface area contributed by atoms with Gasteiger partial charge >= 0.3 is 0 Å². The number of phenols is 1. The number of hydrogen-bond acceptors (Lipinski definition) is 6. The summed E-state index contributed by atoms with van der Waals surface area (Å²) >= 11 is 13.1. The van der Waals surface area contributed by atoms with Crippen LogP contribution >= 0.6 is 35.0 Å². The van der Waals surface area contributed by atoms with E-state index in [-0.39, 0.29) is 34.0 Å². The molecule has 0 saturated carbocycles. The normalized spacial score (nSPS) is 17.7. The van der Waals surface area contributed by atoms with Crippen LogP contribution in [0.5, 0.6) is 11.5 Å². The van der Waals surface area contributed by atoms with Crippen molar-refractivity contribution >= 4 is 63.3 Å². The van der Waals surface area contributed by atoms with Gasteiger partial charge in [-0.25, -0.2) is 4.99 Å². The topological polar surface area (TPSA) is 91.2 Å². The molecule has 1 fully saturated rings. The lowest BCUT2D eigenvalue weighted by Gasteiger charge is -2.31.